The zero-order valence-electron chi connectivity index (χ0n) is 11.8. The van der Waals surface area contributed by atoms with Gasteiger partial charge in [0.2, 0.25) is 0 Å². The number of benzene rings is 1. The largest absolute Gasteiger partial charge is 0.455 e. The second-order valence-corrected chi connectivity index (χ2v) is 5.15. The van der Waals surface area contributed by atoms with Crippen molar-refractivity contribution in [3.63, 3.8) is 0 Å². The van der Waals surface area contributed by atoms with Gasteiger partial charge in [-0.2, -0.15) is 0 Å². The van der Waals surface area contributed by atoms with Gasteiger partial charge in [-0.05, 0) is 36.6 Å². The van der Waals surface area contributed by atoms with Crippen LogP contribution in [0.3, 0.4) is 0 Å². The van der Waals surface area contributed by atoms with Crippen molar-refractivity contribution >= 4 is 11.6 Å². The molecule has 1 aromatic heterocycles. The summed E-state index contributed by atoms with van der Waals surface area (Å²) >= 11 is 0. The lowest BCUT2D eigenvalue weighted by atomic mass is 10.0. The number of furan rings is 1. The summed E-state index contributed by atoms with van der Waals surface area (Å²) in [6.07, 6.45) is 1.91. The van der Waals surface area contributed by atoms with Crippen molar-refractivity contribution in [3.05, 3.63) is 53.5 Å². The Balaban J connectivity index is 1.79. The molecule has 1 aromatic carbocycles. The molecule has 1 atom stereocenters. The molecule has 0 fully saturated rings. The van der Waals surface area contributed by atoms with Crippen LogP contribution in [0.2, 0.25) is 0 Å². The Hall–Kier alpha value is -2.27. The molecule has 1 aliphatic rings. The van der Waals surface area contributed by atoms with E-state index >= 15 is 0 Å². The van der Waals surface area contributed by atoms with E-state index < -0.39 is 0 Å². The van der Waals surface area contributed by atoms with Gasteiger partial charge in [0.1, 0.15) is 5.76 Å². The number of anilines is 1. The Morgan fingerprint density at radius 3 is 3.00 bits per heavy atom. The zero-order chi connectivity index (χ0) is 14.7. The lowest BCUT2D eigenvalue weighted by molar-refractivity contribution is 0.0905. The van der Waals surface area contributed by atoms with Gasteiger partial charge in [-0.15, -0.1) is 0 Å². The summed E-state index contributed by atoms with van der Waals surface area (Å²) in [5, 5.41) is 6.45. The van der Waals surface area contributed by atoms with Crippen molar-refractivity contribution in [2.45, 2.75) is 25.4 Å². The minimum atomic E-state index is -0.198. The van der Waals surface area contributed by atoms with Crippen LogP contribution in [0.15, 0.2) is 40.8 Å². The molecular weight excluding hydrogens is 266 g/mol. The van der Waals surface area contributed by atoms with Gasteiger partial charge in [-0.3, -0.25) is 4.79 Å². The van der Waals surface area contributed by atoms with Gasteiger partial charge in [-0.25, -0.2) is 0 Å². The molecule has 0 bridgehead atoms. The van der Waals surface area contributed by atoms with E-state index in [1.54, 1.807) is 12.1 Å². The van der Waals surface area contributed by atoms with Crippen LogP contribution in [0.4, 0.5) is 5.69 Å². The van der Waals surface area contributed by atoms with Crippen LogP contribution >= 0.6 is 0 Å². The van der Waals surface area contributed by atoms with Crippen molar-refractivity contribution in [3.8, 4) is 0 Å². The molecule has 110 valence electrons. The van der Waals surface area contributed by atoms with E-state index in [1.807, 2.05) is 24.3 Å². The number of rotatable bonds is 3. The highest BCUT2D eigenvalue weighted by Gasteiger charge is 2.21. The SMILES string of the molecule is NCc1ccc(C(=O)NC2CCCNc3ccccc32)o1. The Morgan fingerprint density at radius 2 is 2.19 bits per heavy atom. The third-order valence-electron chi connectivity index (χ3n) is 3.71. The first-order valence-electron chi connectivity index (χ1n) is 7.20. The molecule has 0 spiro atoms. The average molecular weight is 285 g/mol. The number of carbonyl (C=O) groups is 1. The molecule has 21 heavy (non-hydrogen) atoms. The molecule has 1 unspecified atom stereocenters. The third-order valence-corrected chi connectivity index (χ3v) is 3.71. The first-order chi connectivity index (χ1) is 10.3. The highest BCUT2D eigenvalue weighted by Crippen LogP contribution is 2.29. The molecule has 2 aromatic rings. The fraction of sp³-hybridized carbons (Fsp3) is 0.312. The van der Waals surface area contributed by atoms with Crippen molar-refractivity contribution in [1.29, 1.82) is 0 Å². The molecule has 5 heteroatoms. The summed E-state index contributed by atoms with van der Waals surface area (Å²) in [7, 11) is 0. The summed E-state index contributed by atoms with van der Waals surface area (Å²) in [6.45, 7) is 1.21. The average Bonchev–Trinajstić information content (AvgIpc) is 2.91. The summed E-state index contributed by atoms with van der Waals surface area (Å²) in [4.78, 5) is 12.3. The molecule has 5 nitrogen and oxygen atoms in total. The van der Waals surface area contributed by atoms with Crippen LogP contribution in [0.1, 0.15) is 40.8 Å². The number of hydrogen-bond donors (Lipinski definition) is 3. The van der Waals surface area contributed by atoms with E-state index in [9.17, 15) is 4.79 Å². The quantitative estimate of drug-likeness (QED) is 0.809. The Labute approximate surface area is 123 Å². The predicted molar refractivity (Wildman–Crippen MR) is 81.0 cm³/mol. The van der Waals surface area contributed by atoms with Crippen molar-refractivity contribution < 1.29 is 9.21 Å². The van der Waals surface area contributed by atoms with Crippen LogP contribution in [0.5, 0.6) is 0 Å². The normalized spacial score (nSPS) is 17.5. The lowest BCUT2D eigenvalue weighted by Gasteiger charge is -2.18. The summed E-state index contributed by atoms with van der Waals surface area (Å²) < 4.78 is 5.40. The Kier molecular flexibility index (Phi) is 3.92. The highest BCUT2D eigenvalue weighted by molar-refractivity contribution is 5.91. The Bertz CT molecular complexity index is 636. The fourth-order valence-corrected chi connectivity index (χ4v) is 2.64. The topological polar surface area (TPSA) is 80.3 Å². The molecule has 0 radical (unpaired) electrons. The summed E-state index contributed by atoms with van der Waals surface area (Å²) in [5.41, 5.74) is 7.70. The van der Waals surface area contributed by atoms with Crippen LogP contribution in [0.25, 0.3) is 0 Å². The van der Waals surface area contributed by atoms with Crippen molar-refractivity contribution in [1.82, 2.24) is 5.32 Å². The van der Waals surface area contributed by atoms with Gasteiger partial charge < -0.3 is 20.8 Å². The van der Waals surface area contributed by atoms with Crippen molar-refractivity contribution in [2.75, 3.05) is 11.9 Å². The highest BCUT2D eigenvalue weighted by atomic mass is 16.4. The van der Waals surface area contributed by atoms with E-state index in [0.29, 0.717) is 18.1 Å². The molecule has 2 heterocycles. The molecule has 1 amide bonds. The number of nitrogens with one attached hydrogen (secondary N) is 2. The van der Waals surface area contributed by atoms with E-state index in [1.165, 1.54) is 0 Å². The molecular formula is C16H19N3O2. The maximum absolute atomic E-state index is 12.3. The van der Waals surface area contributed by atoms with E-state index in [2.05, 4.69) is 10.6 Å². The van der Waals surface area contributed by atoms with Crippen LogP contribution < -0.4 is 16.4 Å². The maximum atomic E-state index is 12.3. The standard InChI is InChI=1S/C16H19N3O2/c17-10-11-7-8-15(21-11)16(20)19-14-6-3-9-18-13-5-2-1-4-12(13)14/h1-2,4-5,7-8,14,18H,3,6,9-10,17H2,(H,19,20). The second kappa shape index (κ2) is 6.01. The van der Waals surface area contributed by atoms with Gasteiger partial charge in [0, 0.05) is 12.2 Å². The molecule has 4 N–H and O–H groups in total. The van der Waals surface area contributed by atoms with Gasteiger partial charge >= 0.3 is 0 Å². The summed E-state index contributed by atoms with van der Waals surface area (Å²) in [5.74, 6) is 0.727. The van der Waals surface area contributed by atoms with Gasteiger partial charge in [0.05, 0.1) is 12.6 Å². The van der Waals surface area contributed by atoms with E-state index in [0.717, 1.165) is 30.6 Å². The zero-order valence-corrected chi connectivity index (χ0v) is 11.8. The van der Waals surface area contributed by atoms with Gasteiger partial charge in [-0.1, -0.05) is 18.2 Å². The molecule has 0 saturated carbocycles. The Morgan fingerprint density at radius 1 is 1.33 bits per heavy atom. The minimum Gasteiger partial charge on any atom is -0.455 e. The first-order valence-corrected chi connectivity index (χ1v) is 7.20. The molecule has 3 rings (SSSR count). The summed E-state index contributed by atoms with van der Waals surface area (Å²) in [6, 6.07) is 11.5. The van der Waals surface area contributed by atoms with Crippen LogP contribution in [0, 0.1) is 0 Å². The van der Waals surface area contributed by atoms with Gasteiger partial charge in [0.15, 0.2) is 5.76 Å². The van der Waals surface area contributed by atoms with Crippen molar-refractivity contribution in [2.24, 2.45) is 5.73 Å². The lowest BCUT2D eigenvalue weighted by Crippen LogP contribution is -2.28. The molecule has 0 saturated heterocycles. The minimum absolute atomic E-state index is 0.00451. The molecule has 0 aliphatic carbocycles. The number of nitrogens with two attached hydrogens (primary N) is 1. The third kappa shape index (κ3) is 2.92. The smallest absolute Gasteiger partial charge is 0.287 e. The fourth-order valence-electron chi connectivity index (χ4n) is 2.64. The number of hydrogen-bond acceptors (Lipinski definition) is 4. The van der Waals surface area contributed by atoms with Crippen LogP contribution in [-0.2, 0) is 6.54 Å². The number of para-hydroxylation sites is 1. The van der Waals surface area contributed by atoms with Gasteiger partial charge in [0.25, 0.3) is 5.91 Å². The second-order valence-electron chi connectivity index (χ2n) is 5.15. The number of fused-ring (bicyclic) bond motifs is 1. The van der Waals surface area contributed by atoms with Crippen LogP contribution in [-0.4, -0.2) is 12.5 Å². The maximum Gasteiger partial charge on any atom is 0.287 e. The predicted octanol–water partition coefficient (Wildman–Crippen LogP) is 2.42. The monoisotopic (exact) mass is 285 g/mol. The van der Waals surface area contributed by atoms with E-state index in [4.69, 9.17) is 10.2 Å². The number of carbonyl (C=O) groups excluding carboxylic acids is 1. The number of amides is 1. The first kappa shape index (κ1) is 13.7. The molecule has 1 aliphatic heterocycles. The van der Waals surface area contributed by atoms with E-state index in [-0.39, 0.29) is 11.9 Å².